The van der Waals surface area contributed by atoms with Crippen LogP contribution in [0.3, 0.4) is 0 Å². The highest BCUT2D eigenvalue weighted by molar-refractivity contribution is 5.99. The highest BCUT2D eigenvalue weighted by Gasteiger charge is 2.47. The van der Waals surface area contributed by atoms with Crippen LogP contribution < -0.4 is 32.3 Å². The Morgan fingerprint density at radius 3 is 1.96 bits per heavy atom. The van der Waals surface area contributed by atoms with E-state index in [0.29, 0.717) is 16.7 Å². The number of aliphatic hydroxyl groups excluding tert-OH is 3. The van der Waals surface area contributed by atoms with Crippen LogP contribution in [0, 0.1) is 5.92 Å². The molecular weight excluding hydrogens is 977 g/mol. The molecule has 2 aliphatic heterocycles. The van der Waals surface area contributed by atoms with E-state index >= 15 is 0 Å². The van der Waals surface area contributed by atoms with Gasteiger partial charge in [0.1, 0.15) is 72.2 Å². The molecule has 23 nitrogen and oxygen atoms in total. The van der Waals surface area contributed by atoms with Gasteiger partial charge in [0.2, 0.25) is 47.3 Å². The number of hydrogen-bond acceptors (Lipinski definition) is 15. The minimum atomic E-state index is -1.94. The smallest absolute Gasteiger partial charge is 0.329 e. The Kier molecular flexibility index (Phi) is 20.6. The second-order valence-corrected chi connectivity index (χ2v) is 19.1. The summed E-state index contributed by atoms with van der Waals surface area (Å²) in [4.78, 5) is 129. The number of nitrogens with zero attached hydrogens (tertiary/aromatic N) is 2. The third kappa shape index (κ3) is 15.7. The lowest BCUT2D eigenvalue weighted by atomic mass is 9.96. The molecule has 75 heavy (non-hydrogen) atoms. The first-order chi connectivity index (χ1) is 35.5. The topological polar surface area (TPSA) is 357 Å². The second kappa shape index (κ2) is 26.5. The summed E-state index contributed by atoms with van der Waals surface area (Å²) < 4.78 is 5.91. The van der Waals surface area contributed by atoms with Gasteiger partial charge < -0.3 is 72.4 Å². The van der Waals surface area contributed by atoms with E-state index in [0.717, 1.165) is 9.80 Å². The number of nitrogens with one attached hydrogen (secondary N) is 5. The number of aromatic hydroxyl groups is 2. The molecule has 2 heterocycles. The van der Waals surface area contributed by atoms with E-state index in [1.807, 2.05) is 0 Å². The molecule has 0 saturated carbocycles. The number of esters is 1. The van der Waals surface area contributed by atoms with Gasteiger partial charge in [-0.2, -0.15) is 0 Å². The molecule has 12 N–H and O–H groups in total. The van der Waals surface area contributed by atoms with Crippen molar-refractivity contribution in [3.63, 3.8) is 0 Å². The number of rotatable bonds is 16. The van der Waals surface area contributed by atoms with Crippen LogP contribution in [-0.4, -0.2) is 162 Å². The Labute approximate surface area is 433 Å². The van der Waals surface area contributed by atoms with Crippen LogP contribution in [0.25, 0.3) is 0 Å². The number of likely N-dealkylation sites (N-methyl/N-ethyl adjacent to an activating group) is 1. The van der Waals surface area contributed by atoms with Crippen molar-refractivity contribution in [2.24, 2.45) is 11.7 Å². The highest BCUT2D eigenvalue weighted by atomic mass is 16.5. The monoisotopic (exact) mass is 1040 g/mol. The zero-order valence-corrected chi connectivity index (χ0v) is 42.4. The number of cyclic esters (lactones) is 1. The van der Waals surface area contributed by atoms with Crippen LogP contribution >= 0.6 is 0 Å². The van der Waals surface area contributed by atoms with E-state index < -0.39 is 139 Å². The van der Waals surface area contributed by atoms with E-state index in [-0.39, 0.29) is 50.0 Å². The quantitative estimate of drug-likeness (QED) is 0.0742. The normalized spacial score (nSPS) is 24.9. The number of fused-ring (bicyclic) bond motifs is 2. The number of amides is 8. The molecule has 2 aliphatic rings. The third-order valence-electron chi connectivity index (χ3n) is 13.4. The number of carbonyl (C=O) groups excluding carboxylic acids is 9. The first-order valence-corrected chi connectivity index (χ1v) is 24.7. The summed E-state index contributed by atoms with van der Waals surface area (Å²) in [5.74, 6) is -10.1. The van der Waals surface area contributed by atoms with Gasteiger partial charge in [-0.15, -0.1) is 0 Å². The Bertz CT molecular complexity index is 2510. The third-order valence-corrected chi connectivity index (χ3v) is 13.4. The number of phenols is 2. The fourth-order valence-electron chi connectivity index (χ4n) is 8.80. The lowest BCUT2D eigenvalue weighted by Crippen LogP contribution is -2.67. The molecular formula is C52H68N8O15. The van der Waals surface area contributed by atoms with Crippen LogP contribution in [0.2, 0.25) is 0 Å². The van der Waals surface area contributed by atoms with Gasteiger partial charge in [0.05, 0.1) is 6.10 Å². The molecule has 12 atom stereocenters. The Morgan fingerprint density at radius 2 is 1.37 bits per heavy atom. The van der Waals surface area contributed by atoms with Crippen LogP contribution in [-0.2, 0) is 67.2 Å². The summed E-state index contributed by atoms with van der Waals surface area (Å²) in [6.45, 7) is 5.79. The maximum atomic E-state index is 14.8. The number of phenolic OH excluding ortho intramolecular Hbond substituents is 2. The minimum Gasteiger partial charge on any atom is -0.508 e. The molecule has 0 aromatic heterocycles. The molecule has 0 aliphatic carbocycles. The number of primary amides is 1. The number of nitrogens with two attached hydrogens (primary N) is 1. The molecule has 2 saturated heterocycles. The number of benzene rings is 3. The van der Waals surface area contributed by atoms with Gasteiger partial charge in [0.15, 0.2) is 0 Å². The average molecular weight is 1050 g/mol. The maximum absolute atomic E-state index is 14.8. The molecule has 3 aromatic carbocycles. The fraction of sp³-hybridized carbons (Fsp3) is 0.481. The summed E-state index contributed by atoms with van der Waals surface area (Å²) in [5.41, 5.74) is 6.80. The predicted octanol–water partition coefficient (Wildman–Crippen LogP) is -1.32. The fourth-order valence-corrected chi connectivity index (χ4v) is 8.80. The number of carbonyl (C=O) groups is 9. The van der Waals surface area contributed by atoms with E-state index in [4.69, 9.17) is 10.5 Å². The molecule has 2 bridgehead atoms. The zero-order chi connectivity index (χ0) is 55.3. The summed E-state index contributed by atoms with van der Waals surface area (Å²) in [6, 6.07) is 8.22. The van der Waals surface area contributed by atoms with Crippen molar-refractivity contribution < 1.29 is 73.4 Å². The number of aliphatic hydroxyl groups is 3. The first-order valence-electron chi connectivity index (χ1n) is 24.7. The summed E-state index contributed by atoms with van der Waals surface area (Å²) in [6.07, 6.45) is -8.50. The molecule has 8 amide bonds. The van der Waals surface area contributed by atoms with Crippen molar-refractivity contribution in [1.82, 2.24) is 36.4 Å². The lowest BCUT2D eigenvalue weighted by Gasteiger charge is -2.43. The maximum Gasteiger partial charge on any atom is 0.329 e. The van der Waals surface area contributed by atoms with Gasteiger partial charge in [-0.25, -0.2) is 4.79 Å². The molecule has 0 unspecified atom stereocenters. The molecule has 5 rings (SSSR count). The SMILES string of the molecule is CC[C@H](C)[C@@H]1NC(=O)[C@H](Cc2ccccc2)N(C)C(=O)[C@H]([C@@H](C)O)N2C(=O)[C@H](CC[C@H]2O)NC(=O)[C@H](Cc2ccc(O)cc2)NC(=O)[C@@H](NC(=O)[C@H](CCC(N)=O)NC(=O)[C@H](O)Cc2ccc(O)cc2)[C@@H](C)OC1=O. The Hall–Kier alpha value is -7.63. The van der Waals surface area contributed by atoms with E-state index in [9.17, 15) is 68.7 Å². The van der Waals surface area contributed by atoms with Crippen molar-refractivity contribution in [1.29, 1.82) is 0 Å². The average Bonchev–Trinajstić information content (AvgIpc) is 3.37. The Balaban J connectivity index is 1.60. The highest BCUT2D eigenvalue weighted by Crippen LogP contribution is 2.25. The van der Waals surface area contributed by atoms with Crippen molar-refractivity contribution in [3.8, 4) is 11.5 Å². The number of piperidine rings is 1. The standard InChI is InChI=1S/C52H68N8O15/c1-6-27(2)42-52(74)75-29(4)43(58-45(67)35(20-22-40(53)65)54-48(70)39(64)26-32-14-18-34(63)19-15-32)49(71)56-37(24-31-12-16-33(62)17-13-31)46(68)55-36-21-23-41(66)60(50(36)72)44(28(3)61)51(73)59(5)38(47(69)57-42)25-30-10-8-7-9-11-30/h7-19,27-29,35-39,41-44,61-64,66H,6,20-26H2,1-5H3,(H2,53,65)(H,54,70)(H,55,68)(H,56,71)(H,57,69)(H,58,67)/t27-,28+,29+,35-,36-,37-,38-,39+,41+,42-,43-,44-/m0/s1. The van der Waals surface area contributed by atoms with Crippen LogP contribution in [0.15, 0.2) is 78.9 Å². The zero-order valence-electron chi connectivity index (χ0n) is 42.4. The summed E-state index contributed by atoms with van der Waals surface area (Å²) >= 11 is 0. The minimum absolute atomic E-state index is 0.0664. The van der Waals surface area contributed by atoms with Crippen molar-refractivity contribution >= 4 is 53.2 Å². The van der Waals surface area contributed by atoms with E-state index in [1.54, 1.807) is 44.2 Å². The van der Waals surface area contributed by atoms with Crippen LogP contribution in [0.5, 0.6) is 11.5 Å². The van der Waals surface area contributed by atoms with Gasteiger partial charge in [0.25, 0.3) is 0 Å². The van der Waals surface area contributed by atoms with Crippen molar-refractivity contribution in [2.45, 2.75) is 146 Å². The van der Waals surface area contributed by atoms with E-state index in [1.165, 1.54) is 69.4 Å². The number of ether oxygens (including phenoxy) is 1. The molecule has 0 spiro atoms. The van der Waals surface area contributed by atoms with Crippen LogP contribution in [0.4, 0.5) is 0 Å². The molecule has 406 valence electrons. The first kappa shape index (κ1) is 58.3. The van der Waals surface area contributed by atoms with Crippen molar-refractivity contribution in [2.75, 3.05) is 7.05 Å². The number of hydrogen-bond donors (Lipinski definition) is 11. The molecule has 23 heteroatoms. The molecule has 2 fully saturated rings. The molecule has 0 radical (unpaired) electrons. The van der Waals surface area contributed by atoms with Gasteiger partial charge in [-0.1, -0.05) is 74.9 Å². The largest absolute Gasteiger partial charge is 0.508 e. The lowest BCUT2D eigenvalue weighted by molar-refractivity contribution is -0.170. The van der Waals surface area contributed by atoms with Crippen LogP contribution in [0.1, 0.15) is 76.5 Å². The summed E-state index contributed by atoms with van der Waals surface area (Å²) in [7, 11) is 1.26. The van der Waals surface area contributed by atoms with Gasteiger partial charge in [0, 0.05) is 32.7 Å². The predicted molar refractivity (Wildman–Crippen MR) is 267 cm³/mol. The summed E-state index contributed by atoms with van der Waals surface area (Å²) in [5, 5.41) is 65.8. The van der Waals surface area contributed by atoms with Gasteiger partial charge in [-0.3, -0.25) is 38.4 Å². The second-order valence-electron chi connectivity index (χ2n) is 19.1. The van der Waals surface area contributed by atoms with E-state index in [2.05, 4.69) is 26.6 Å². The Morgan fingerprint density at radius 1 is 0.773 bits per heavy atom. The van der Waals surface area contributed by atoms with Gasteiger partial charge >= 0.3 is 5.97 Å². The van der Waals surface area contributed by atoms with Crippen molar-refractivity contribution in [3.05, 3.63) is 95.6 Å². The molecule has 3 aromatic rings. The van der Waals surface area contributed by atoms with Gasteiger partial charge in [-0.05, 0) is 80.0 Å².